The summed E-state index contributed by atoms with van der Waals surface area (Å²) in [6.45, 7) is 0.00170. The predicted molar refractivity (Wildman–Crippen MR) is 106 cm³/mol. The molecule has 1 N–H and O–H groups in total. The van der Waals surface area contributed by atoms with Crippen molar-refractivity contribution in [2.24, 2.45) is 0 Å². The monoisotopic (exact) mass is 408 g/mol. The van der Waals surface area contributed by atoms with Gasteiger partial charge in [0.25, 0.3) is 0 Å². The van der Waals surface area contributed by atoms with Gasteiger partial charge < -0.3 is 14.4 Å². The third-order valence-electron chi connectivity index (χ3n) is 4.63. The number of halogens is 2. The zero-order valence-corrected chi connectivity index (χ0v) is 15.4. The molecule has 4 aromatic rings. The number of rotatable bonds is 4. The molecule has 0 radical (unpaired) electrons. The number of ether oxygens (including phenoxy) is 1. The maximum absolute atomic E-state index is 14.8. The van der Waals surface area contributed by atoms with Crippen molar-refractivity contribution >= 4 is 17.1 Å². The molecule has 0 unspecified atom stereocenters. The number of benzene rings is 2. The molecule has 0 aliphatic heterocycles. The SMILES string of the molecule is O=C(O)Oc1cn(Cc2ccc(-c3ccncc3F)cc2F)c2ccccc2c1=O. The second-order valence-corrected chi connectivity index (χ2v) is 6.50. The molecule has 0 spiro atoms. The first kappa shape index (κ1) is 19.3. The smallest absolute Gasteiger partial charge is 0.449 e. The number of carboxylic acid groups (broad SMARTS) is 1. The van der Waals surface area contributed by atoms with Crippen LogP contribution in [0.5, 0.6) is 5.75 Å². The van der Waals surface area contributed by atoms with Crippen molar-refractivity contribution in [3.63, 3.8) is 0 Å². The van der Waals surface area contributed by atoms with Crippen molar-refractivity contribution in [3.05, 3.63) is 94.5 Å². The lowest BCUT2D eigenvalue weighted by Gasteiger charge is -2.14. The van der Waals surface area contributed by atoms with Crippen LogP contribution in [-0.2, 0) is 6.54 Å². The highest BCUT2D eigenvalue weighted by Gasteiger charge is 2.15. The van der Waals surface area contributed by atoms with Crippen LogP contribution in [0.1, 0.15) is 5.56 Å². The Labute approximate surface area is 168 Å². The fourth-order valence-electron chi connectivity index (χ4n) is 3.25. The number of hydrogen-bond donors (Lipinski definition) is 1. The van der Waals surface area contributed by atoms with Gasteiger partial charge in [-0.2, -0.15) is 0 Å². The number of aromatic nitrogens is 2. The van der Waals surface area contributed by atoms with Gasteiger partial charge in [0.2, 0.25) is 5.43 Å². The zero-order valence-electron chi connectivity index (χ0n) is 15.4. The van der Waals surface area contributed by atoms with Crippen LogP contribution in [0.25, 0.3) is 22.0 Å². The lowest BCUT2D eigenvalue weighted by molar-refractivity contribution is 0.144. The van der Waals surface area contributed by atoms with Gasteiger partial charge in [-0.1, -0.05) is 24.3 Å². The van der Waals surface area contributed by atoms with E-state index in [-0.39, 0.29) is 28.8 Å². The molecule has 8 heteroatoms. The number of fused-ring (bicyclic) bond motifs is 1. The molecule has 4 rings (SSSR count). The van der Waals surface area contributed by atoms with E-state index in [1.54, 1.807) is 24.3 Å². The van der Waals surface area contributed by atoms with Gasteiger partial charge in [-0.15, -0.1) is 0 Å². The lowest BCUT2D eigenvalue weighted by Crippen LogP contribution is -2.17. The standard InChI is InChI=1S/C22H14F2N2O4/c23-17-9-13(15-7-8-25-10-18(15)24)5-6-14(17)11-26-12-20(30-22(28)29)21(27)16-3-1-2-4-19(16)26/h1-10,12H,11H2,(H,28,29). The number of nitrogens with zero attached hydrogens (tertiary/aromatic N) is 2. The summed E-state index contributed by atoms with van der Waals surface area (Å²) in [5.74, 6) is -1.52. The van der Waals surface area contributed by atoms with E-state index < -0.39 is 23.2 Å². The zero-order chi connectivity index (χ0) is 21.3. The minimum absolute atomic E-state index is 0.00170. The first-order valence-corrected chi connectivity index (χ1v) is 8.85. The average Bonchev–Trinajstić information content (AvgIpc) is 2.73. The molecule has 150 valence electrons. The fourth-order valence-corrected chi connectivity index (χ4v) is 3.25. The first-order valence-electron chi connectivity index (χ1n) is 8.85. The highest BCUT2D eigenvalue weighted by molar-refractivity contribution is 5.81. The van der Waals surface area contributed by atoms with Gasteiger partial charge in [-0.25, -0.2) is 13.6 Å². The maximum atomic E-state index is 14.8. The van der Waals surface area contributed by atoms with Crippen LogP contribution in [0.2, 0.25) is 0 Å². The van der Waals surface area contributed by atoms with Gasteiger partial charge in [0.05, 0.1) is 24.5 Å². The molecule has 0 aliphatic carbocycles. The summed E-state index contributed by atoms with van der Waals surface area (Å²) >= 11 is 0. The van der Waals surface area contributed by atoms with E-state index in [1.165, 1.54) is 41.2 Å². The maximum Gasteiger partial charge on any atom is 0.511 e. The summed E-state index contributed by atoms with van der Waals surface area (Å²) in [5.41, 5.74) is 0.762. The number of para-hydroxylation sites is 1. The van der Waals surface area contributed by atoms with Crippen LogP contribution in [0, 0.1) is 11.6 Å². The summed E-state index contributed by atoms with van der Waals surface area (Å²) in [6, 6.07) is 12.3. The molecule has 0 saturated heterocycles. The molecule has 30 heavy (non-hydrogen) atoms. The summed E-state index contributed by atoms with van der Waals surface area (Å²) in [7, 11) is 0. The Bertz CT molecular complexity index is 1330. The molecule has 0 atom stereocenters. The average molecular weight is 408 g/mol. The molecule has 0 fully saturated rings. The van der Waals surface area contributed by atoms with Gasteiger partial charge in [-0.3, -0.25) is 9.78 Å². The highest BCUT2D eigenvalue weighted by atomic mass is 19.1. The van der Waals surface area contributed by atoms with Crippen LogP contribution in [0.15, 0.2) is 71.9 Å². The third-order valence-corrected chi connectivity index (χ3v) is 4.63. The van der Waals surface area contributed by atoms with Crippen molar-refractivity contribution in [2.45, 2.75) is 6.54 Å². The van der Waals surface area contributed by atoms with Crippen molar-refractivity contribution < 1.29 is 23.4 Å². The fraction of sp³-hybridized carbons (Fsp3) is 0.0455. The molecular weight excluding hydrogens is 394 g/mol. The summed E-state index contributed by atoms with van der Waals surface area (Å²) in [6.07, 6.45) is 2.08. The van der Waals surface area contributed by atoms with Crippen molar-refractivity contribution in [1.29, 1.82) is 0 Å². The van der Waals surface area contributed by atoms with Gasteiger partial charge in [0.1, 0.15) is 11.6 Å². The van der Waals surface area contributed by atoms with E-state index in [0.717, 1.165) is 6.20 Å². The van der Waals surface area contributed by atoms with E-state index in [2.05, 4.69) is 9.72 Å². The summed E-state index contributed by atoms with van der Waals surface area (Å²) < 4.78 is 34.9. The molecule has 0 aliphatic rings. The van der Waals surface area contributed by atoms with Crippen LogP contribution in [0.3, 0.4) is 0 Å². The lowest BCUT2D eigenvalue weighted by atomic mass is 10.0. The van der Waals surface area contributed by atoms with Crippen molar-refractivity contribution in [2.75, 3.05) is 0 Å². The van der Waals surface area contributed by atoms with E-state index in [0.29, 0.717) is 11.1 Å². The Kier molecular flexibility index (Phi) is 4.97. The molecule has 2 heterocycles. The minimum atomic E-state index is -1.62. The van der Waals surface area contributed by atoms with Crippen LogP contribution in [-0.4, -0.2) is 20.8 Å². The second-order valence-electron chi connectivity index (χ2n) is 6.50. The second kappa shape index (κ2) is 7.75. The summed E-state index contributed by atoms with van der Waals surface area (Å²) in [4.78, 5) is 27.0. The Morgan fingerprint density at radius 2 is 1.90 bits per heavy atom. The molecule has 2 aromatic carbocycles. The first-order chi connectivity index (χ1) is 14.4. The molecule has 0 bridgehead atoms. The van der Waals surface area contributed by atoms with Crippen molar-refractivity contribution in [3.8, 4) is 16.9 Å². The van der Waals surface area contributed by atoms with Crippen molar-refractivity contribution in [1.82, 2.24) is 9.55 Å². The Balaban J connectivity index is 1.77. The van der Waals surface area contributed by atoms with Gasteiger partial charge in [-0.05, 0) is 29.8 Å². The van der Waals surface area contributed by atoms with E-state index in [1.807, 2.05) is 0 Å². The Morgan fingerprint density at radius 1 is 1.10 bits per heavy atom. The number of pyridine rings is 2. The number of carbonyl (C=O) groups is 1. The molecule has 0 saturated carbocycles. The van der Waals surface area contributed by atoms with E-state index >= 15 is 0 Å². The minimum Gasteiger partial charge on any atom is -0.449 e. The third kappa shape index (κ3) is 3.62. The van der Waals surface area contributed by atoms with Gasteiger partial charge in [0.15, 0.2) is 5.75 Å². The van der Waals surface area contributed by atoms with Crippen LogP contribution in [0.4, 0.5) is 13.6 Å². The number of hydrogen-bond acceptors (Lipinski definition) is 4. The molecule has 6 nitrogen and oxygen atoms in total. The molecular formula is C22H14F2N2O4. The Morgan fingerprint density at radius 3 is 2.63 bits per heavy atom. The topological polar surface area (TPSA) is 81.4 Å². The van der Waals surface area contributed by atoms with Crippen LogP contribution >= 0.6 is 0 Å². The van der Waals surface area contributed by atoms with E-state index in [9.17, 15) is 18.4 Å². The quantitative estimate of drug-likeness (QED) is 0.505. The highest BCUT2D eigenvalue weighted by Crippen LogP contribution is 2.25. The van der Waals surface area contributed by atoms with Crippen LogP contribution < -0.4 is 10.2 Å². The predicted octanol–water partition coefficient (Wildman–Crippen LogP) is 4.45. The van der Waals surface area contributed by atoms with E-state index in [4.69, 9.17) is 5.11 Å². The van der Waals surface area contributed by atoms with Gasteiger partial charge >= 0.3 is 6.16 Å². The van der Waals surface area contributed by atoms with Gasteiger partial charge in [0, 0.05) is 22.7 Å². The normalized spacial score (nSPS) is 10.9. The Hall–Kier alpha value is -4.07. The largest absolute Gasteiger partial charge is 0.511 e. The molecule has 0 amide bonds. The molecule has 2 aromatic heterocycles. The summed E-state index contributed by atoms with van der Waals surface area (Å²) in [5, 5.41) is 9.13.